The molecule has 0 atom stereocenters. The van der Waals surface area contributed by atoms with Crippen LogP contribution in [0.15, 0.2) is 18.2 Å². The molecule has 0 radical (unpaired) electrons. The number of aliphatic hydroxyl groups is 1. The molecule has 1 aliphatic rings. The van der Waals surface area contributed by atoms with E-state index in [0.29, 0.717) is 42.2 Å². The number of nitrogen functional groups attached to an aromatic ring is 1. The van der Waals surface area contributed by atoms with E-state index in [0.717, 1.165) is 16.5 Å². The molecule has 12 heteroatoms. The average molecular weight is 505 g/mol. The lowest BCUT2D eigenvalue weighted by Gasteiger charge is -2.26. The van der Waals surface area contributed by atoms with Gasteiger partial charge >= 0.3 is 6.03 Å². The third-order valence-corrected chi connectivity index (χ3v) is 7.60. The molecule has 4 N–H and O–H groups in total. The lowest BCUT2D eigenvalue weighted by atomic mass is 10.1. The number of rotatable bonds is 7. The van der Waals surface area contributed by atoms with Crippen LogP contribution in [0.3, 0.4) is 0 Å². The van der Waals surface area contributed by atoms with Crippen LogP contribution in [0.4, 0.5) is 10.6 Å². The van der Waals surface area contributed by atoms with Gasteiger partial charge in [-0.25, -0.2) is 23.2 Å². The van der Waals surface area contributed by atoms with Crippen LogP contribution in [0.5, 0.6) is 0 Å². The van der Waals surface area contributed by atoms with Crippen LogP contribution in [0, 0.1) is 0 Å². The number of nitrogens with one attached hydrogen (secondary N) is 1. The molecular formula is C23H32N6O5S. The van der Waals surface area contributed by atoms with Gasteiger partial charge in [-0.3, -0.25) is 0 Å². The number of anilines is 1. The summed E-state index contributed by atoms with van der Waals surface area (Å²) < 4.78 is 30.4. The number of carbonyl (C=O) groups excluding carboxylic acids is 1. The first-order valence-corrected chi connectivity index (χ1v) is 13.3. The van der Waals surface area contributed by atoms with Gasteiger partial charge in [-0.05, 0) is 38.0 Å². The fraction of sp³-hybridized carbons (Fsp3) is 0.522. The number of hydrogen-bond acceptors (Lipinski definition) is 8. The zero-order valence-corrected chi connectivity index (χ0v) is 21.1. The maximum Gasteiger partial charge on any atom is 0.317 e. The molecule has 0 bridgehead atoms. The zero-order valence-electron chi connectivity index (χ0n) is 20.2. The van der Waals surface area contributed by atoms with Crippen molar-refractivity contribution in [2.24, 2.45) is 0 Å². The largest absolute Gasteiger partial charge is 0.389 e. The van der Waals surface area contributed by atoms with Crippen LogP contribution >= 0.6 is 0 Å². The Bertz CT molecular complexity index is 1350. The second-order valence-electron chi connectivity index (χ2n) is 9.53. The van der Waals surface area contributed by atoms with Crippen molar-refractivity contribution in [2.45, 2.75) is 39.0 Å². The van der Waals surface area contributed by atoms with Crippen LogP contribution < -0.4 is 11.1 Å². The molecule has 0 spiro atoms. The second-order valence-corrected chi connectivity index (χ2v) is 11.8. The molecule has 3 aromatic rings. The van der Waals surface area contributed by atoms with Gasteiger partial charge in [0.15, 0.2) is 15.7 Å². The minimum absolute atomic E-state index is 0.000607. The number of amides is 2. The van der Waals surface area contributed by atoms with E-state index >= 15 is 0 Å². The quantitative estimate of drug-likeness (QED) is 0.432. The summed E-state index contributed by atoms with van der Waals surface area (Å²) in [5, 5.41) is 14.2. The standard InChI is InChI=1S/C23H32N6O5S/c1-23(2,31)14-29-18(13-34-3)27-19-20(29)16-12-15(4-5-17(16)26-21(19)24)6-7-25-22(30)28-8-10-35(32,33)11-9-28/h4-5,12,31H,6-11,13-14H2,1-3H3,(H2,24,26)(H,25,30). The van der Waals surface area contributed by atoms with Crippen LogP contribution in [-0.4, -0.2) is 82.8 Å². The molecule has 2 amide bonds. The molecule has 0 unspecified atom stereocenters. The zero-order chi connectivity index (χ0) is 25.4. The molecule has 1 saturated heterocycles. The fourth-order valence-electron chi connectivity index (χ4n) is 4.30. The molecule has 0 saturated carbocycles. The number of imidazole rings is 1. The lowest BCUT2D eigenvalue weighted by molar-refractivity contribution is 0.0597. The Hall–Kier alpha value is -2.96. The van der Waals surface area contributed by atoms with Crippen molar-refractivity contribution in [1.29, 1.82) is 0 Å². The number of nitrogens with zero attached hydrogens (tertiary/aromatic N) is 4. The average Bonchev–Trinajstić information content (AvgIpc) is 3.11. The van der Waals surface area contributed by atoms with Gasteiger partial charge in [0.1, 0.15) is 17.9 Å². The van der Waals surface area contributed by atoms with Gasteiger partial charge in [-0.2, -0.15) is 0 Å². The molecule has 0 aliphatic carbocycles. The Morgan fingerprint density at radius 2 is 1.97 bits per heavy atom. The summed E-state index contributed by atoms with van der Waals surface area (Å²) in [6.07, 6.45) is 0.574. The van der Waals surface area contributed by atoms with Gasteiger partial charge < -0.3 is 30.4 Å². The molecule has 1 aromatic carbocycles. The SMILES string of the molecule is COCc1nc2c(N)nc3ccc(CCNC(=O)N4CCS(=O)(=O)CC4)cc3c2n1CC(C)(C)O. The summed E-state index contributed by atoms with van der Waals surface area (Å²) in [5.41, 5.74) is 8.26. The number of hydrogen-bond donors (Lipinski definition) is 3. The van der Waals surface area contributed by atoms with Crippen molar-refractivity contribution in [3.8, 4) is 0 Å². The fourth-order valence-corrected chi connectivity index (χ4v) is 5.50. The van der Waals surface area contributed by atoms with Gasteiger partial charge in [0.2, 0.25) is 0 Å². The summed E-state index contributed by atoms with van der Waals surface area (Å²) >= 11 is 0. The summed E-state index contributed by atoms with van der Waals surface area (Å²) in [6, 6.07) is 5.57. The summed E-state index contributed by atoms with van der Waals surface area (Å²) in [7, 11) is -1.45. The van der Waals surface area contributed by atoms with Crippen LogP contribution in [0.1, 0.15) is 25.2 Å². The molecule has 1 fully saturated rings. The van der Waals surface area contributed by atoms with Crippen molar-refractivity contribution >= 4 is 43.6 Å². The molecule has 190 valence electrons. The minimum atomic E-state index is -3.04. The van der Waals surface area contributed by atoms with Crippen LogP contribution in [-0.2, 0) is 34.1 Å². The number of methoxy groups -OCH3 is 1. The molecule has 3 heterocycles. The number of sulfone groups is 1. The summed E-state index contributed by atoms with van der Waals surface area (Å²) in [4.78, 5) is 23.1. The highest BCUT2D eigenvalue weighted by molar-refractivity contribution is 7.91. The number of pyridine rings is 1. The molecular weight excluding hydrogens is 472 g/mol. The molecule has 11 nitrogen and oxygen atoms in total. The predicted molar refractivity (Wildman–Crippen MR) is 134 cm³/mol. The van der Waals surface area contributed by atoms with E-state index in [1.165, 1.54) is 4.90 Å². The van der Waals surface area contributed by atoms with Gasteiger partial charge in [-0.15, -0.1) is 0 Å². The third kappa shape index (κ3) is 5.65. The molecule has 4 rings (SSSR count). The van der Waals surface area contributed by atoms with Gasteiger partial charge in [0.05, 0.1) is 34.7 Å². The van der Waals surface area contributed by atoms with Crippen molar-refractivity contribution in [2.75, 3.05) is 44.0 Å². The van der Waals surface area contributed by atoms with E-state index in [-0.39, 0.29) is 37.2 Å². The molecule has 2 aromatic heterocycles. The van der Waals surface area contributed by atoms with Crippen LogP contribution in [0.25, 0.3) is 21.9 Å². The van der Waals surface area contributed by atoms with E-state index in [2.05, 4.69) is 15.3 Å². The highest BCUT2D eigenvalue weighted by Gasteiger charge is 2.25. The van der Waals surface area contributed by atoms with Crippen LogP contribution in [0.2, 0.25) is 0 Å². The third-order valence-electron chi connectivity index (χ3n) is 5.99. The summed E-state index contributed by atoms with van der Waals surface area (Å²) in [5.74, 6) is 0.955. The number of urea groups is 1. The minimum Gasteiger partial charge on any atom is -0.389 e. The van der Waals surface area contributed by atoms with Gasteiger partial charge in [-0.1, -0.05) is 6.07 Å². The van der Waals surface area contributed by atoms with E-state index in [9.17, 15) is 18.3 Å². The number of benzene rings is 1. The Labute approximate surface area is 204 Å². The normalized spacial score (nSPS) is 16.2. The molecule has 35 heavy (non-hydrogen) atoms. The van der Waals surface area contributed by atoms with Gasteiger partial charge in [0.25, 0.3) is 0 Å². The van der Waals surface area contributed by atoms with Crippen molar-refractivity contribution in [3.63, 3.8) is 0 Å². The van der Waals surface area contributed by atoms with Crippen molar-refractivity contribution in [1.82, 2.24) is 24.8 Å². The van der Waals surface area contributed by atoms with E-state index in [1.807, 2.05) is 22.8 Å². The highest BCUT2D eigenvalue weighted by atomic mass is 32.2. The Morgan fingerprint density at radius 1 is 1.26 bits per heavy atom. The number of aromatic nitrogens is 3. The highest BCUT2D eigenvalue weighted by Crippen LogP contribution is 2.31. The first-order valence-electron chi connectivity index (χ1n) is 11.5. The number of fused-ring (bicyclic) bond motifs is 3. The maximum atomic E-state index is 12.4. The number of carbonyl (C=O) groups is 1. The number of nitrogens with two attached hydrogens (primary N) is 1. The smallest absolute Gasteiger partial charge is 0.317 e. The Balaban J connectivity index is 1.59. The Morgan fingerprint density at radius 3 is 2.63 bits per heavy atom. The first kappa shape index (κ1) is 25.1. The van der Waals surface area contributed by atoms with Crippen molar-refractivity contribution in [3.05, 3.63) is 29.6 Å². The maximum absolute atomic E-state index is 12.4. The molecule has 1 aliphatic heterocycles. The van der Waals surface area contributed by atoms with Crippen molar-refractivity contribution < 1.29 is 23.1 Å². The first-order chi connectivity index (χ1) is 16.5. The predicted octanol–water partition coefficient (Wildman–Crippen LogP) is 1.07. The van der Waals surface area contributed by atoms with E-state index in [4.69, 9.17) is 10.5 Å². The monoisotopic (exact) mass is 504 g/mol. The number of ether oxygens (including phenoxy) is 1. The summed E-state index contributed by atoms with van der Waals surface area (Å²) in [6.45, 7) is 4.84. The van der Waals surface area contributed by atoms with E-state index in [1.54, 1.807) is 21.0 Å². The topological polar surface area (TPSA) is 153 Å². The second kappa shape index (κ2) is 9.59. The van der Waals surface area contributed by atoms with E-state index < -0.39 is 15.4 Å². The lowest BCUT2D eigenvalue weighted by Crippen LogP contribution is -2.48. The Kier molecular flexibility index (Phi) is 6.89. The van der Waals surface area contributed by atoms with Gasteiger partial charge in [0, 0.05) is 32.1 Å².